The van der Waals surface area contributed by atoms with Crippen molar-refractivity contribution in [2.75, 3.05) is 31.5 Å². The van der Waals surface area contributed by atoms with Gasteiger partial charge in [0.05, 0.1) is 16.7 Å². The summed E-state index contributed by atoms with van der Waals surface area (Å²) in [5.41, 5.74) is 1.16. The van der Waals surface area contributed by atoms with Gasteiger partial charge in [-0.3, -0.25) is 9.69 Å². The first-order valence-electron chi connectivity index (χ1n) is 9.10. The zero-order chi connectivity index (χ0) is 18.9. The van der Waals surface area contributed by atoms with E-state index >= 15 is 0 Å². The number of aromatic carboxylic acids is 1. The average Bonchev–Trinajstić information content (AvgIpc) is 2.80. The van der Waals surface area contributed by atoms with Crippen LogP contribution in [-0.4, -0.2) is 51.6 Å². The molecule has 1 aromatic rings. The Hall–Kier alpha value is -1.70. The van der Waals surface area contributed by atoms with Crippen molar-refractivity contribution < 1.29 is 24.2 Å². The fraction of sp³-hybridized carbons (Fsp3) is 0.579. The monoisotopic (exact) mass is 377 g/mol. The number of fused-ring (bicyclic) bond motifs is 2. The molecule has 26 heavy (non-hydrogen) atoms. The number of ether oxygens (including phenoxy) is 2. The fourth-order valence-corrected chi connectivity index (χ4v) is 4.40. The number of carbonyl (C=O) groups is 2. The van der Waals surface area contributed by atoms with Crippen molar-refractivity contribution in [1.82, 2.24) is 0 Å². The molecule has 142 valence electrons. The molecule has 2 heterocycles. The van der Waals surface area contributed by atoms with Gasteiger partial charge in [0, 0.05) is 27.9 Å². The Bertz CT molecular complexity index is 706. The zero-order valence-corrected chi connectivity index (χ0v) is 16.7. The summed E-state index contributed by atoms with van der Waals surface area (Å²) in [5, 5.41) is 9.32. The van der Waals surface area contributed by atoms with Crippen LogP contribution in [0.2, 0.25) is 25.7 Å². The second kappa shape index (κ2) is 7.13. The van der Waals surface area contributed by atoms with Crippen LogP contribution in [0, 0.1) is 0 Å². The molecule has 1 aromatic carbocycles. The van der Waals surface area contributed by atoms with Crippen LogP contribution in [0.1, 0.15) is 28.8 Å². The zero-order valence-electron chi connectivity index (χ0n) is 15.7. The highest BCUT2D eigenvalue weighted by atomic mass is 28.3. The molecule has 1 fully saturated rings. The number of carbonyl (C=O) groups excluding carboxylic acids is 1. The Balaban J connectivity index is 1.86. The summed E-state index contributed by atoms with van der Waals surface area (Å²) in [4.78, 5) is 26.3. The highest BCUT2D eigenvalue weighted by Gasteiger charge is 2.51. The van der Waals surface area contributed by atoms with Crippen molar-refractivity contribution in [3.63, 3.8) is 0 Å². The normalized spacial score (nSPS) is 19.0. The third-order valence-electron chi connectivity index (χ3n) is 5.27. The van der Waals surface area contributed by atoms with E-state index in [9.17, 15) is 14.7 Å². The SMILES string of the molecule is C[Si](C)(C)CCOCN1C(=O)C2(CCOCC2)c2ccc(C(=O)O)cc21. The summed E-state index contributed by atoms with van der Waals surface area (Å²) in [6, 6.07) is 6.00. The molecule has 2 aliphatic heterocycles. The Labute approximate surface area is 155 Å². The van der Waals surface area contributed by atoms with Gasteiger partial charge in [-0.1, -0.05) is 25.7 Å². The number of amides is 1. The van der Waals surface area contributed by atoms with Crippen molar-refractivity contribution in [3.8, 4) is 0 Å². The van der Waals surface area contributed by atoms with Gasteiger partial charge in [-0.05, 0) is 36.6 Å². The first-order valence-corrected chi connectivity index (χ1v) is 12.8. The van der Waals surface area contributed by atoms with Crippen LogP contribution in [0.15, 0.2) is 18.2 Å². The Kier molecular flexibility index (Phi) is 5.23. The molecule has 7 heteroatoms. The molecule has 1 N–H and O–H groups in total. The van der Waals surface area contributed by atoms with E-state index in [0.29, 0.717) is 38.3 Å². The maximum atomic E-state index is 13.3. The lowest BCUT2D eigenvalue weighted by Gasteiger charge is -2.32. The summed E-state index contributed by atoms with van der Waals surface area (Å²) in [7, 11) is -1.21. The molecule has 0 aliphatic carbocycles. The quantitative estimate of drug-likeness (QED) is 0.609. The third kappa shape index (κ3) is 3.56. The molecule has 0 unspecified atom stereocenters. The topological polar surface area (TPSA) is 76.1 Å². The van der Waals surface area contributed by atoms with Crippen molar-refractivity contribution in [3.05, 3.63) is 29.3 Å². The Morgan fingerprint density at radius 2 is 2.00 bits per heavy atom. The Morgan fingerprint density at radius 3 is 2.62 bits per heavy atom. The van der Waals surface area contributed by atoms with Gasteiger partial charge >= 0.3 is 5.97 Å². The van der Waals surface area contributed by atoms with E-state index in [1.54, 1.807) is 23.1 Å². The van der Waals surface area contributed by atoms with Crippen LogP contribution < -0.4 is 4.90 Å². The van der Waals surface area contributed by atoms with Gasteiger partial charge in [0.15, 0.2) is 0 Å². The van der Waals surface area contributed by atoms with E-state index < -0.39 is 19.5 Å². The molecule has 1 saturated heterocycles. The molecule has 1 spiro atoms. The Morgan fingerprint density at radius 1 is 1.31 bits per heavy atom. The summed E-state index contributed by atoms with van der Waals surface area (Å²) in [6.45, 7) is 8.70. The summed E-state index contributed by atoms with van der Waals surface area (Å²) in [6.07, 6.45) is 1.24. The summed E-state index contributed by atoms with van der Waals surface area (Å²) < 4.78 is 11.3. The molecule has 0 bridgehead atoms. The number of hydrogen-bond acceptors (Lipinski definition) is 4. The summed E-state index contributed by atoms with van der Waals surface area (Å²) >= 11 is 0. The van der Waals surface area contributed by atoms with Gasteiger partial charge in [-0.25, -0.2) is 4.79 Å². The number of benzene rings is 1. The molecule has 3 rings (SSSR count). The summed E-state index contributed by atoms with van der Waals surface area (Å²) in [5.74, 6) is -0.987. The molecule has 6 nitrogen and oxygen atoms in total. The molecule has 0 saturated carbocycles. The predicted molar refractivity (Wildman–Crippen MR) is 102 cm³/mol. The van der Waals surface area contributed by atoms with Gasteiger partial charge in [0.1, 0.15) is 6.73 Å². The van der Waals surface area contributed by atoms with E-state index in [1.807, 2.05) is 0 Å². The van der Waals surface area contributed by atoms with Crippen LogP contribution in [0.5, 0.6) is 0 Å². The number of hydrogen-bond donors (Lipinski definition) is 1. The fourth-order valence-electron chi connectivity index (χ4n) is 3.64. The van der Waals surface area contributed by atoms with Crippen molar-refractivity contribution >= 4 is 25.6 Å². The van der Waals surface area contributed by atoms with Crippen molar-refractivity contribution in [2.24, 2.45) is 0 Å². The second-order valence-electron chi connectivity index (χ2n) is 8.31. The van der Waals surface area contributed by atoms with E-state index in [-0.39, 0.29) is 18.2 Å². The van der Waals surface area contributed by atoms with Gasteiger partial charge < -0.3 is 14.6 Å². The molecule has 0 atom stereocenters. The highest BCUT2D eigenvalue weighted by Crippen LogP contribution is 2.47. The number of nitrogens with zero attached hydrogens (tertiary/aromatic N) is 1. The number of carboxylic acid groups (broad SMARTS) is 1. The maximum Gasteiger partial charge on any atom is 0.335 e. The van der Waals surface area contributed by atoms with Gasteiger partial charge in [-0.15, -0.1) is 0 Å². The molecule has 0 aromatic heterocycles. The molecular formula is C19H27NO5Si. The molecule has 0 radical (unpaired) electrons. The van der Waals surface area contributed by atoms with Gasteiger partial charge in [0.2, 0.25) is 5.91 Å². The molecular weight excluding hydrogens is 350 g/mol. The maximum absolute atomic E-state index is 13.3. The molecule has 1 amide bonds. The average molecular weight is 378 g/mol. The number of carboxylic acids is 1. The van der Waals surface area contributed by atoms with Crippen LogP contribution in [0.4, 0.5) is 5.69 Å². The first kappa shape index (κ1) is 19.1. The van der Waals surface area contributed by atoms with Gasteiger partial charge in [0.25, 0.3) is 0 Å². The van der Waals surface area contributed by atoms with E-state index in [2.05, 4.69) is 19.6 Å². The van der Waals surface area contributed by atoms with E-state index in [1.165, 1.54) is 0 Å². The molecule has 2 aliphatic rings. The van der Waals surface area contributed by atoms with Crippen molar-refractivity contribution in [1.29, 1.82) is 0 Å². The van der Waals surface area contributed by atoms with Crippen LogP contribution in [0.3, 0.4) is 0 Å². The standard InChI is InChI=1S/C19H27NO5Si/c1-26(2,3)11-10-25-13-20-16-12-14(17(21)22)4-5-15(16)19(18(20)23)6-8-24-9-7-19/h4-5,12H,6-11,13H2,1-3H3,(H,21,22). The lowest BCUT2D eigenvalue weighted by molar-refractivity contribution is -0.127. The number of rotatable bonds is 6. The third-order valence-corrected chi connectivity index (χ3v) is 6.97. The van der Waals surface area contributed by atoms with Crippen LogP contribution in [-0.2, 0) is 19.7 Å². The minimum Gasteiger partial charge on any atom is -0.478 e. The van der Waals surface area contributed by atoms with E-state index in [4.69, 9.17) is 9.47 Å². The van der Waals surface area contributed by atoms with Crippen molar-refractivity contribution in [2.45, 2.75) is 43.9 Å². The lowest BCUT2D eigenvalue weighted by atomic mass is 9.75. The lowest BCUT2D eigenvalue weighted by Crippen LogP contribution is -2.44. The minimum absolute atomic E-state index is 0.00587. The van der Waals surface area contributed by atoms with Gasteiger partial charge in [-0.2, -0.15) is 0 Å². The van der Waals surface area contributed by atoms with Crippen LogP contribution >= 0.6 is 0 Å². The minimum atomic E-state index is -1.21. The first-order chi connectivity index (χ1) is 12.2. The second-order valence-corrected chi connectivity index (χ2v) is 13.9. The highest BCUT2D eigenvalue weighted by molar-refractivity contribution is 6.76. The van der Waals surface area contributed by atoms with E-state index in [0.717, 1.165) is 11.6 Å². The smallest absolute Gasteiger partial charge is 0.335 e. The van der Waals surface area contributed by atoms with Crippen LogP contribution in [0.25, 0.3) is 0 Å². The number of anilines is 1. The largest absolute Gasteiger partial charge is 0.478 e. The predicted octanol–water partition coefficient (Wildman–Crippen LogP) is 3.09.